The lowest BCUT2D eigenvalue weighted by molar-refractivity contribution is -0.117. The Bertz CT molecular complexity index is 914. The molecule has 144 valence electrons. The number of anilines is 1. The van der Waals surface area contributed by atoms with E-state index in [2.05, 4.69) is 21.2 Å². The number of sulfonamides is 1. The minimum Gasteiger partial charge on any atom is -0.325 e. The second-order valence-electron chi connectivity index (χ2n) is 6.19. The van der Waals surface area contributed by atoms with Gasteiger partial charge in [-0.15, -0.1) is 0 Å². The summed E-state index contributed by atoms with van der Waals surface area (Å²) in [5, 5.41) is 3.34. The van der Waals surface area contributed by atoms with Crippen LogP contribution in [0.4, 0.5) is 5.69 Å². The maximum Gasteiger partial charge on any atom is 0.243 e. The van der Waals surface area contributed by atoms with Crippen LogP contribution in [0.25, 0.3) is 0 Å². The van der Waals surface area contributed by atoms with Crippen LogP contribution in [0.15, 0.2) is 57.9 Å². The van der Waals surface area contributed by atoms with Crippen LogP contribution < -0.4 is 5.32 Å². The molecule has 27 heavy (non-hydrogen) atoms. The number of hydrogen-bond acceptors (Lipinski definition) is 4. The third-order valence-corrected chi connectivity index (χ3v) is 6.92. The fourth-order valence-corrected chi connectivity index (χ4v) is 4.80. The van der Waals surface area contributed by atoms with Crippen LogP contribution in [0, 0.1) is 0 Å². The maximum atomic E-state index is 12.7. The molecule has 1 aliphatic heterocycles. The maximum absolute atomic E-state index is 12.7. The number of nitrogens with zero attached hydrogens (tertiary/aromatic N) is 2. The summed E-state index contributed by atoms with van der Waals surface area (Å²) in [7, 11) is -3.54. The molecule has 1 fully saturated rings. The van der Waals surface area contributed by atoms with Gasteiger partial charge in [-0.3, -0.25) is 9.69 Å². The van der Waals surface area contributed by atoms with Crippen molar-refractivity contribution in [2.24, 2.45) is 0 Å². The lowest BCUT2D eigenvalue weighted by atomic mass is 10.3. The Morgan fingerprint density at radius 3 is 2.37 bits per heavy atom. The van der Waals surface area contributed by atoms with Gasteiger partial charge in [-0.05, 0) is 42.5 Å². The van der Waals surface area contributed by atoms with Crippen LogP contribution in [0.5, 0.6) is 0 Å². The third-order valence-electron chi connectivity index (χ3n) is 4.26. The van der Waals surface area contributed by atoms with Gasteiger partial charge in [-0.1, -0.05) is 33.6 Å². The summed E-state index contributed by atoms with van der Waals surface area (Å²) in [6, 6.07) is 13.5. The highest BCUT2D eigenvalue weighted by Crippen LogP contribution is 2.20. The quantitative estimate of drug-likeness (QED) is 0.726. The first-order chi connectivity index (χ1) is 12.8. The second-order valence-corrected chi connectivity index (χ2v) is 9.48. The summed E-state index contributed by atoms with van der Waals surface area (Å²) in [6.07, 6.45) is 0. The number of halogens is 2. The Kier molecular flexibility index (Phi) is 6.54. The van der Waals surface area contributed by atoms with Gasteiger partial charge in [0.25, 0.3) is 0 Å². The van der Waals surface area contributed by atoms with Crippen molar-refractivity contribution in [2.75, 3.05) is 38.0 Å². The molecule has 1 heterocycles. The summed E-state index contributed by atoms with van der Waals surface area (Å²) in [5.41, 5.74) is 0.721. The first-order valence-corrected chi connectivity index (χ1v) is 11.0. The lowest BCUT2D eigenvalue weighted by Crippen LogP contribution is -2.50. The molecule has 1 aliphatic rings. The fraction of sp³-hybridized carbons (Fsp3) is 0.278. The van der Waals surface area contributed by atoms with Crippen LogP contribution >= 0.6 is 27.5 Å². The van der Waals surface area contributed by atoms with Crippen molar-refractivity contribution in [2.45, 2.75) is 4.90 Å². The largest absolute Gasteiger partial charge is 0.325 e. The number of amides is 1. The Morgan fingerprint density at radius 2 is 1.74 bits per heavy atom. The molecule has 0 radical (unpaired) electrons. The van der Waals surface area contributed by atoms with Gasteiger partial charge in [0.1, 0.15) is 0 Å². The highest BCUT2D eigenvalue weighted by Gasteiger charge is 2.29. The van der Waals surface area contributed by atoms with Crippen molar-refractivity contribution < 1.29 is 13.2 Å². The monoisotopic (exact) mass is 471 g/mol. The number of rotatable bonds is 5. The SMILES string of the molecule is O=C(CN1CCN(S(=O)(=O)c2ccc(Cl)cc2)CC1)Nc1cccc(Br)c1. The Hall–Kier alpha value is -1.45. The van der Waals surface area contributed by atoms with E-state index in [0.717, 1.165) is 10.2 Å². The van der Waals surface area contributed by atoms with E-state index in [9.17, 15) is 13.2 Å². The molecule has 2 aromatic carbocycles. The fourth-order valence-electron chi connectivity index (χ4n) is 2.85. The summed E-state index contributed by atoms with van der Waals surface area (Å²) in [4.78, 5) is 14.4. The smallest absolute Gasteiger partial charge is 0.243 e. The molecule has 0 aromatic heterocycles. The van der Waals surface area contributed by atoms with E-state index >= 15 is 0 Å². The minimum absolute atomic E-state index is 0.123. The van der Waals surface area contributed by atoms with E-state index in [-0.39, 0.29) is 17.3 Å². The number of benzene rings is 2. The van der Waals surface area contributed by atoms with Gasteiger partial charge in [0.05, 0.1) is 11.4 Å². The van der Waals surface area contributed by atoms with Crippen molar-refractivity contribution in [3.63, 3.8) is 0 Å². The van der Waals surface area contributed by atoms with E-state index in [4.69, 9.17) is 11.6 Å². The predicted molar refractivity (Wildman–Crippen MR) is 109 cm³/mol. The van der Waals surface area contributed by atoms with Gasteiger partial charge < -0.3 is 5.32 Å². The summed E-state index contributed by atoms with van der Waals surface area (Å²) in [6.45, 7) is 1.91. The summed E-state index contributed by atoms with van der Waals surface area (Å²) >= 11 is 9.19. The Balaban J connectivity index is 1.54. The molecule has 0 unspecified atom stereocenters. The van der Waals surface area contributed by atoms with E-state index < -0.39 is 10.0 Å². The molecule has 1 N–H and O–H groups in total. The number of piperazine rings is 1. The lowest BCUT2D eigenvalue weighted by Gasteiger charge is -2.33. The van der Waals surface area contributed by atoms with E-state index in [1.54, 1.807) is 12.1 Å². The molecular weight excluding hydrogens is 454 g/mol. The Labute approximate surface area is 172 Å². The summed E-state index contributed by atoms with van der Waals surface area (Å²) < 4.78 is 27.7. The van der Waals surface area contributed by atoms with Gasteiger partial charge in [0.15, 0.2) is 0 Å². The van der Waals surface area contributed by atoms with Crippen LogP contribution in [0.3, 0.4) is 0 Å². The molecule has 0 bridgehead atoms. The number of carbonyl (C=O) groups excluding carboxylic acids is 1. The van der Waals surface area contributed by atoms with Crippen LogP contribution in [0.2, 0.25) is 5.02 Å². The van der Waals surface area contributed by atoms with Gasteiger partial charge in [-0.2, -0.15) is 4.31 Å². The first-order valence-electron chi connectivity index (χ1n) is 8.38. The molecule has 1 saturated heterocycles. The standard InChI is InChI=1S/C18H19BrClN3O3S/c19-14-2-1-3-16(12-14)21-18(24)13-22-8-10-23(11-9-22)27(25,26)17-6-4-15(20)5-7-17/h1-7,12H,8-11,13H2,(H,21,24). The predicted octanol–water partition coefficient (Wildman–Crippen LogP) is 3.05. The highest BCUT2D eigenvalue weighted by atomic mass is 79.9. The second kappa shape index (κ2) is 8.70. The normalized spacial score (nSPS) is 16.2. The molecule has 9 heteroatoms. The zero-order chi connectivity index (χ0) is 19.4. The molecule has 0 aliphatic carbocycles. The average molecular weight is 473 g/mol. The summed E-state index contributed by atoms with van der Waals surface area (Å²) in [5.74, 6) is -0.123. The zero-order valence-electron chi connectivity index (χ0n) is 14.4. The molecule has 1 amide bonds. The molecule has 0 saturated carbocycles. The van der Waals surface area contributed by atoms with Gasteiger partial charge >= 0.3 is 0 Å². The van der Waals surface area contributed by atoms with Crippen molar-refractivity contribution >= 4 is 49.1 Å². The van der Waals surface area contributed by atoms with Crippen molar-refractivity contribution in [1.29, 1.82) is 0 Å². The molecular formula is C18H19BrClN3O3S. The molecule has 2 aromatic rings. The molecule has 0 spiro atoms. The van der Waals surface area contributed by atoms with Gasteiger partial charge in [0, 0.05) is 41.4 Å². The average Bonchev–Trinajstić information content (AvgIpc) is 2.62. The Morgan fingerprint density at radius 1 is 1.07 bits per heavy atom. The molecule has 0 atom stereocenters. The first kappa shape index (κ1) is 20.3. The number of carbonyl (C=O) groups is 1. The van der Waals surface area contributed by atoms with Crippen molar-refractivity contribution in [3.8, 4) is 0 Å². The van der Waals surface area contributed by atoms with Gasteiger partial charge in [-0.25, -0.2) is 8.42 Å². The van der Waals surface area contributed by atoms with Crippen LogP contribution in [0.1, 0.15) is 0 Å². The van der Waals surface area contributed by atoms with E-state index in [0.29, 0.717) is 31.2 Å². The topological polar surface area (TPSA) is 69.7 Å². The molecule has 3 rings (SSSR count). The number of nitrogens with one attached hydrogen (secondary N) is 1. The zero-order valence-corrected chi connectivity index (χ0v) is 17.6. The highest BCUT2D eigenvalue weighted by molar-refractivity contribution is 9.10. The van der Waals surface area contributed by atoms with Crippen molar-refractivity contribution in [1.82, 2.24) is 9.21 Å². The molecule has 6 nitrogen and oxygen atoms in total. The van der Waals surface area contributed by atoms with E-state index in [1.165, 1.54) is 16.4 Å². The third kappa shape index (κ3) is 5.30. The minimum atomic E-state index is -3.54. The van der Waals surface area contributed by atoms with Crippen LogP contribution in [-0.2, 0) is 14.8 Å². The van der Waals surface area contributed by atoms with E-state index in [1.807, 2.05) is 29.2 Å². The number of hydrogen-bond donors (Lipinski definition) is 1. The van der Waals surface area contributed by atoms with Crippen LogP contribution in [-0.4, -0.2) is 56.3 Å². The van der Waals surface area contributed by atoms with Gasteiger partial charge in [0.2, 0.25) is 15.9 Å². The van der Waals surface area contributed by atoms with Crippen molar-refractivity contribution in [3.05, 3.63) is 58.0 Å².